The molecule has 2 unspecified atom stereocenters. The summed E-state index contributed by atoms with van der Waals surface area (Å²) in [6, 6.07) is 1.28. The Hall–Kier alpha value is -0.120. The van der Waals surface area contributed by atoms with Gasteiger partial charge in [0, 0.05) is 31.1 Å². The summed E-state index contributed by atoms with van der Waals surface area (Å²) in [4.78, 5) is 2.70. The summed E-state index contributed by atoms with van der Waals surface area (Å²) in [6.07, 6.45) is 2.51. The van der Waals surface area contributed by atoms with Crippen molar-refractivity contribution in [3.05, 3.63) is 0 Å². The highest BCUT2D eigenvalue weighted by molar-refractivity contribution is 4.85. The van der Waals surface area contributed by atoms with Crippen LogP contribution in [0.25, 0.3) is 0 Å². The van der Waals surface area contributed by atoms with Crippen molar-refractivity contribution >= 4 is 0 Å². The minimum atomic E-state index is 0.550. The van der Waals surface area contributed by atoms with Crippen molar-refractivity contribution in [2.75, 3.05) is 32.8 Å². The van der Waals surface area contributed by atoms with Crippen molar-refractivity contribution < 1.29 is 4.74 Å². The molecule has 1 heterocycles. The van der Waals surface area contributed by atoms with Gasteiger partial charge < -0.3 is 10.1 Å². The van der Waals surface area contributed by atoms with E-state index in [9.17, 15) is 0 Å². The van der Waals surface area contributed by atoms with Gasteiger partial charge in [0.1, 0.15) is 0 Å². The molecule has 1 saturated heterocycles. The number of likely N-dealkylation sites (N-methyl/N-ethyl adjacent to an activating group) is 1. The predicted molar refractivity (Wildman–Crippen MR) is 82.6 cm³/mol. The van der Waals surface area contributed by atoms with Gasteiger partial charge >= 0.3 is 0 Å². The average Bonchev–Trinajstić information content (AvgIpc) is 2.78. The molecule has 0 radical (unpaired) electrons. The van der Waals surface area contributed by atoms with Crippen LogP contribution in [0.1, 0.15) is 47.5 Å². The number of hydrogen-bond acceptors (Lipinski definition) is 3. The third-order valence-electron chi connectivity index (χ3n) is 4.19. The first-order chi connectivity index (χ1) is 9.12. The van der Waals surface area contributed by atoms with E-state index in [2.05, 4.69) is 44.8 Å². The molecule has 0 aromatic rings. The Labute approximate surface area is 120 Å². The number of hydrogen-bond donors (Lipinski definition) is 1. The van der Waals surface area contributed by atoms with Crippen LogP contribution in [-0.4, -0.2) is 49.8 Å². The Morgan fingerprint density at radius 2 is 1.84 bits per heavy atom. The van der Waals surface area contributed by atoms with E-state index < -0.39 is 0 Å². The average molecular weight is 270 g/mol. The number of nitrogens with one attached hydrogen (secondary N) is 1. The Morgan fingerprint density at radius 1 is 1.16 bits per heavy atom. The molecule has 1 aliphatic rings. The van der Waals surface area contributed by atoms with Gasteiger partial charge in [-0.1, -0.05) is 34.6 Å². The predicted octanol–water partition coefficient (Wildman–Crippen LogP) is 2.76. The van der Waals surface area contributed by atoms with Crippen LogP contribution in [0.2, 0.25) is 0 Å². The molecule has 2 atom stereocenters. The van der Waals surface area contributed by atoms with E-state index in [0.29, 0.717) is 12.0 Å². The lowest BCUT2D eigenvalue weighted by Gasteiger charge is -2.35. The summed E-state index contributed by atoms with van der Waals surface area (Å²) in [5.74, 6) is 1.39. The van der Waals surface area contributed by atoms with Crippen LogP contribution < -0.4 is 5.32 Å². The van der Waals surface area contributed by atoms with Gasteiger partial charge in [0.2, 0.25) is 0 Å². The van der Waals surface area contributed by atoms with Crippen LogP contribution in [0, 0.1) is 11.8 Å². The fourth-order valence-corrected chi connectivity index (χ4v) is 3.21. The molecular weight excluding hydrogens is 236 g/mol. The standard InChI is InChI=1S/C16H34N2O/c1-6-15(7-2)18(9-13(4)5)10-14-11-19-12-16(14)17-8-3/h13-17H,6-12H2,1-5H3. The van der Waals surface area contributed by atoms with E-state index in [-0.39, 0.29) is 0 Å². The zero-order valence-corrected chi connectivity index (χ0v) is 13.6. The lowest BCUT2D eigenvalue weighted by Crippen LogP contribution is -2.46. The van der Waals surface area contributed by atoms with Crippen molar-refractivity contribution in [3.63, 3.8) is 0 Å². The summed E-state index contributed by atoms with van der Waals surface area (Å²) in [5, 5.41) is 3.58. The highest BCUT2D eigenvalue weighted by atomic mass is 16.5. The summed E-state index contributed by atoms with van der Waals surface area (Å²) >= 11 is 0. The minimum absolute atomic E-state index is 0.550. The molecule has 114 valence electrons. The second-order valence-electron chi connectivity index (χ2n) is 6.28. The van der Waals surface area contributed by atoms with Gasteiger partial charge in [0.25, 0.3) is 0 Å². The molecular formula is C16H34N2O. The van der Waals surface area contributed by atoms with Crippen LogP contribution in [-0.2, 0) is 4.74 Å². The number of rotatable bonds is 9. The summed E-state index contributed by atoms with van der Waals surface area (Å²) < 4.78 is 5.69. The molecule has 3 heteroatoms. The van der Waals surface area contributed by atoms with Gasteiger partial charge in [-0.2, -0.15) is 0 Å². The minimum Gasteiger partial charge on any atom is -0.379 e. The topological polar surface area (TPSA) is 24.5 Å². The molecule has 0 aromatic carbocycles. The third kappa shape index (κ3) is 5.41. The molecule has 1 rings (SSSR count). The van der Waals surface area contributed by atoms with Crippen molar-refractivity contribution in [3.8, 4) is 0 Å². The first-order valence-electron chi connectivity index (χ1n) is 8.17. The molecule has 3 nitrogen and oxygen atoms in total. The molecule has 0 bridgehead atoms. The fraction of sp³-hybridized carbons (Fsp3) is 1.00. The first kappa shape index (κ1) is 16.9. The van der Waals surface area contributed by atoms with Crippen molar-refractivity contribution in [1.82, 2.24) is 10.2 Å². The normalized spacial score (nSPS) is 24.0. The van der Waals surface area contributed by atoms with Crippen LogP contribution in [0.4, 0.5) is 0 Å². The van der Waals surface area contributed by atoms with Gasteiger partial charge in [-0.25, -0.2) is 0 Å². The Balaban J connectivity index is 2.59. The third-order valence-corrected chi connectivity index (χ3v) is 4.19. The molecule has 1 fully saturated rings. The lowest BCUT2D eigenvalue weighted by atomic mass is 9.99. The molecule has 0 aliphatic carbocycles. The Bertz CT molecular complexity index is 229. The highest BCUT2D eigenvalue weighted by Gasteiger charge is 2.30. The van der Waals surface area contributed by atoms with Crippen molar-refractivity contribution in [2.24, 2.45) is 11.8 Å². The summed E-state index contributed by atoms with van der Waals surface area (Å²) in [6.45, 7) is 16.7. The van der Waals surface area contributed by atoms with Gasteiger partial charge in [-0.15, -0.1) is 0 Å². The summed E-state index contributed by atoms with van der Waals surface area (Å²) in [7, 11) is 0. The quantitative estimate of drug-likeness (QED) is 0.697. The Kier molecular flexibility index (Phi) is 7.96. The zero-order valence-electron chi connectivity index (χ0n) is 13.6. The maximum absolute atomic E-state index is 5.69. The van der Waals surface area contributed by atoms with E-state index in [1.807, 2.05) is 0 Å². The van der Waals surface area contributed by atoms with Gasteiger partial charge in [0.15, 0.2) is 0 Å². The molecule has 0 aromatic heterocycles. The van der Waals surface area contributed by atoms with E-state index >= 15 is 0 Å². The molecule has 0 spiro atoms. The van der Waals surface area contributed by atoms with Crippen molar-refractivity contribution in [2.45, 2.75) is 59.5 Å². The molecule has 1 N–H and O–H groups in total. The van der Waals surface area contributed by atoms with Crippen molar-refractivity contribution in [1.29, 1.82) is 0 Å². The van der Waals surface area contributed by atoms with Gasteiger partial charge in [-0.3, -0.25) is 4.90 Å². The first-order valence-corrected chi connectivity index (χ1v) is 8.17. The lowest BCUT2D eigenvalue weighted by molar-refractivity contribution is 0.124. The van der Waals surface area contributed by atoms with Crippen LogP contribution in [0.15, 0.2) is 0 Å². The molecule has 0 amide bonds. The van der Waals surface area contributed by atoms with Gasteiger partial charge in [0.05, 0.1) is 13.2 Å². The monoisotopic (exact) mass is 270 g/mol. The van der Waals surface area contributed by atoms with E-state index in [4.69, 9.17) is 4.74 Å². The van der Waals surface area contributed by atoms with E-state index in [1.54, 1.807) is 0 Å². The number of nitrogens with zero attached hydrogens (tertiary/aromatic N) is 1. The van der Waals surface area contributed by atoms with E-state index in [1.165, 1.54) is 25.9 Å². The SMILES string of the molecule is CCNC1COCC1CN(CC(C)C)C(CC)CC. The van der Waals surface area contributed by atoms with Crippen LogP contribution in [0.3, 0.4) is 0 Å². The molecule has 19 heavy (non-hydrogen) atoms. The maximum atomic E-state index is 5.69. The molecule has 1 aliphatic heterocycles. The van der Waals surface area contributed by atoms with Gasteiger partial charge in [-0.05, 0) is 25.3 Å². The maximum Gasteiger partial charge on any atom is 0.0623 e. The largest absolute Gasteiger partial charge is 0.379 e. The van der Waals surface area contributed by atoms with E-state index in [0.717, 1.165) is 31.7 Å². The second-order valence-corrected chi connectivity index (χ2v) is 6.28. The highest BCUT2D eigenvalue weighted by Crippen LogP contribution is 2.19. The smallest absolute Gasteiger partial charge is 0.0623 e. The Morgan fingerprint density at radius 3 is 2.37 bits per heavy atom. The van der Waals surface area contributed by atoms with Crippen LogP contribution >= 0.6 is 0 Å². The van der Waals surface area contributed by atoms with Crippen LogP contribution in [0.5, 0.6) is 0 Å². The zero-order chi connectivity index (χ0) is 14.3. The molecule has 0 saturated carbocycles. The summed E-state index contributed by atoms with van der Waals surface area (Å²) in [5.41, 5.74) is 0. The fourth-order valence-electron chi connectivity index (χ4n) is 3.21. The number of ether oxygens (including phenoxy) is 1. The second kappa shape index (κ2) is 8.93.